The zero-order chi connectivity index (χ0) is 14.0. The number of piperidine rings is 1. The predicted molar refractivity (Wildman–Crippen MR) is 76.4 cm³/mol. The van der Waals surface area contributed by atoms with Crippen LogP contribution in [0, 0.1) is 5.92 Å². The molecule has 2 heterocycles. The molecule has 1 aliphatic rings. The zero-order valence-electron chi connectivity index (χ0n) is 11.9. The fourth-order valence-electron chi connectivity index (χ4n) is 2.62. The van der Waals surface area contributed by atoms with E-state index in [0.717, 1.165) is 49.0 Å². The Morgan fingerprint density at radius 3 is 2.74 bits per heavy atom. The Morgan fingerprint density at radius 1 is 1.42 bits per heavy atom. The highest BCUT2D eigenvalue weighted by Crippen LogP contribution is 2.24. The minimum atomic E-state index is 0.135. The van der Waals surface area contributed by atoms with E-state index in [0.29, 0.717) is 12.2 Å². The van der Waals surface area contributed by atoms with Gasteiger partial charge in [-0.05, 0) is 13.3 Å². The van der Waals surface area contributed by atoms with Gasteiger partial charge in [-0.3, -0.25) is 14.4 Å². The lowest BCUT2D eigenvalue weighted by Gasteiger charge is -2.30. The van der Waals surface area contributed by atoms with E-state index < -0.39 is 0 Å². The summed E-state index contributed by atoms with van der Waals surface area (Å²) < 4.78 is 1.99. The largest absolute Gasteiger partial charge is 0.299 e. The van der Waals surface area contributed by atoms with Crippen LogP contribution in [0.2, 0.25) is 5.02 Å². The van der Waals surface area contributed by atoms with Gasteiger partial charge in [-0.2, -0.15) is 5.10 Å². The third-order valence-corrected chi connectivity index (χ3v) is 4.26. The van der Waals surface area contributed by atoms with Crippen molar-refractivity contribution in [1.29, 1.82) is 0 Å². The average Bonchev–Trinajstić information content (AvgIpc) is 2.70. The number of carbonyl (C=O) groups is 1. The first kappa shape index (κ1) is 14.5. The van der Waals surface area contributed by atoms with E-state index in [1.807, 2.05) is 11.6 Å². The molecule has 1 aliphatic heterocycles. The highest BCUT2D eigenvalue weighted by molar-refractivity contribution is 6.31. The Balaban J connectivity index is 2.14. The first-order chi connectivity index (χ1) is 9.06. The maximum atomic E-state index is 11.6. The summed E-state index contributed by atoms with van der Waals surface area (Å²) in [6.07, 6.45) is 1.51. The molecule has 2 rings (SSSR count). The molecule has 0 N–H and O–H groups in total. The fraction of sp³-hybridized carbons (Fsp3) is 0.714. The van der Waals surface area contributed by atoms with Gasteiger partial charge in [0.25, 0.3) is 0 Å². The number of carbonyl (C=O) groups excluding carboxylic acids is 1. The lowest BCUT2D eigenvalue weighted by molar-refractivity contribution is -0.125. The van der Waals surface area contributed by atoms with E-state index in [1.54, 1.807) is 0 Å². The van der Waals surface area contributed by atoms with Gasteiger partial charge < -0.3 is 0 Å². The van der Waals surface area contributed by atoms with E-state index in [2.05, 4.69) is 23.8 Å². The Hall–Kier alpha value is -0.870. The first-order valence-electron chi connectivity index (χ1n) is 7.05. The molecule has 5 heteroatoms. The molecule has 1 fully saturated rings. The van der Waals surface area contributed by atoms with Gasteiger partial charge in [0.15, 0.2) is 0 Å². The van der Waals surface area contributed by atoms with Crippen molar-refractivity contribution < 1.29 is 4.79 Å². The normalized spacial score (nSPS) is 21.1. The van der Waals surface area contributed by atoms with Crippen LogP contribution in [0.25, 0.3) is 0 Å². The van der Waals surface area contributed by atoms with Crippen LogP contribution in [0.4, 0.5) is 0 Å². The fourth-order valence-corrected chi connectivity index (χ4v) is 2.95. The van der Waals surface area contributed by atoms with Crippen LogP contribution < -0.4 is 0 Å². The Kier molecular flexibility index (Phi) is 4.63. The maximum absolute atomic E-state index is 11.6. The number of hydrogen-bond donors (Lipinski definition) is 0. The number of halogens is 1. The molecule has 0 amide bonds. The van der Waals surface area contributed by atoms with Gasteiger partial charge in [-0.1, -0.05) is 25.4 Å². The second kappa shape index (κ2) is 6.06. The number of aryl methyl sites for hydroxylation is 2. The summed E-state index contributed by atoms with van der Waals surface area (Å²) in [4.78, 5) is 13.9. The molecule has 0 radical (unpaired) electrons. The number of likely N-dealkylation sites (tertiary alicyclic amines) is 1. The van der Waals surface area contributed by atoms with Crippen molar-refractivity contribution in [3.63, 3.8) is 0 Å². The Bertz CT molecular complexity index is 470. The minimum absolute atomic E-state index is 0.135. The second-order valence-corrected chi connectivity index (χ2v) is 5.61. The lowest BCUT2D eigenvalue weighted by atomic mass is 9.98. The van der Waals surface area contributed by atoms with Gasteiger partial charge in [0.1, 0.15) is 5.78 Å². The standard InChI is InChI=1S/C14H22ClN3O/c1-4-11-14(15)12(18(5-2)16-11)9-17-7-6-13(19)10(3)8-17/h10H,4-9H2,1-3H3. The summed E-state index contributed by atoms with van der Waals surface area (Å²) in [6.45, 7) is 9.43. The van der Waals surface area contributed by atoms with Gasteiger partial charge in [0.05, 0.1) is 16.4 Å². The molecule has 0 aliphatic carbocycles. The van der Waals surface area contributed by atoms with Crippen molar-refractivity contribution in [2.45, 2.75) is 46.7 Å². The monoisotopic (exact) mass is 283 g/mol. The van der Waals surface area contributed by atoms with Crippen molar-refractivity contribution in [2.24, 2.45) is 5.92 Å². The summed E-state index contributed by atoms with van der Waals surface area (Å²) in [7, 11) is 0. The molecule has 1 aromatic rings. The third-order valence-electron chi connectivity index (χ3n) is 3.82. The second-order valence-electron chi connectivity index (χ2n) is 5.23. The van der Waals surface area contributed by atoms with Crippen molar-refractivity contribution in [3.05, 3.63) is 16.4 Å². The molecule has 0 aromatic carbocycles. The summed E-state index contributed by atoms with van der Waals surface area (Å²) >= 11 is 6.42. The number of hydrogen-bond acceptors (Lipinski definition) is 3. The smallest absolute Gasteiger partial charge is 0.138 e. The van der Waals surface area contributed by atoms with Crippen LogP contribution in [-0.2, 0) is 24.3 Å². The number of aromatic nitrogens is 2. The van der Waals surface area contributed by atoms with Gasteiger partial charge in [-0.25, -0.2) is 0 Å². The van der Waals surface area contributed by atoms with Gasteiger partial charge in [0.2, 0.25) is 0 Å². The van der Waals surface area contributed by atoms with Crippen LogP contribution in [-0.4, -0.2) is 33.6 Å². The first-order valence-corrected chi connectivity index (χ1v) is 7.43. The minimum Gasteiger partial charge on any atom is -0.299 e. The number of nitrogens with zero attached hydrogens (tertiary/aromatic N) is 3. The summed E-state index contributed by atoms with van der Waals surface area (Å²) in [5, 5.41) is 5.34. The van der Waals surface area contributed by atoms with E-state index in [4.69, 9.17) is 11.6 Å². The van der Waals surface area contributed by atoms with Gasteiger partial charge in [-0.15, -0.1) is 0 Å². The van der Waals surface area contributed by atoms with Crippen LogP contribution in [0.1, 0.15) is 38.6 Å². The third kappa shape index (κ3) is 3.00. The molecule has 4 nitrogen and oxygen atoms in total. The maximum Gasteiger partial charge on any atom is 0.138 e. The average molecular weight is 284 g/mol. The quantitative estimate of drug-likeness (QED) is 0.852. The molecule has 1 unspecified atom stereocenters. The molecule has 1 aromatic heterocycles. The van der Waals surface area contributed by atoms with E-state index in [9.17, 15) is 4.79 Å². The van der Waals surface area contributed by atoms with E-state index in [-0.39, 0.29) is 5.92 Å². The zero-order valence-corrected chi connectivity index (χ0v) is 12.7. The number of ketones is 1. The number of rotatable bonds is 4. The molecule has 1 atom stereocenters. The molecular weight excluding hydrogens is 262 g/mol. The molecule has 1 saturated heterocycles. The van der Waals surface area contributed by atoms with E-state index >= 15 is 0 Å². The summed E-state index contributed by atoms with van der Waals surface area (Å²) in [5.74, 6) is 0.511. The molecule has 0 spiro atoms. The molecular formula is C14H22ClN3O. The van der Waals surface area contributed by atoms with Crippen LogP contribution in [0.5, 0.6) is 0 Å². The Morgan fingerprint density at radius 2 is 2.16 bits per heavy atom. The van der Waals surface area contributed by atoms with Crippen molar-refractivity contribution in [2.75, 3.05) is 13.1 Å². The summed E-state index contributed by atoms with van der Waals surface area (Å²) in [6, 6.07) is 0. The van der Waals surface area contributed by atoms with Crippen LogP contribution >= 0.6 is 11.6 Å². The van der Waals surface area contributed by atoms with Gasteiger partial charge >= 0.3 is 0 Å². The lowest BCUT2D eigenvalue weighted by Crippen LogP contribution is -2.39. The predicted octanol–water partition coefficient (Wildman–Crippen LogP) is 2.53. The van der Waals surface area contributed by atoms with Crippen molar-refractivity contribution in [1.82, 2.24) is 14.7 Å². The highest BCUT2D eigenvalue weighted by atomic mass is 35.5. The topological polar surface area (TPSA) is 38.1 Å². The van der Waals surface area contributed by atoms with Gasteiger partial charge in [0, 0.05) is 38.5 Å². The molecule has 0 bridgehead atoms. The molecule has 106 valence electrons. The highest BCUT2D eigenvalue weighted by Gasteiger charge is 2.25. The number of Topliss-reactive ketones (excluding diaryl/α,β-unsaturated/α-hetero) is 1. The molecule has 0 saturated carbocycles. The Labute approximate surface area is 119 Å². The van der Waals surface area contributed by atoms with Crippen molar-refractivity contribution >= 4 is 17.4 Å². The SMILES string of the molecule is CCc1nn(CC)c(CN2CCC(=O)C(C)C2)c1Cl. The molecule has 19 heavy (non-hydrogen) atoms. The van der Waals surface area contributed by atoms with Crippen molar-refractivity contribution in [3.8, 4) is 0 Å². The summed E-state index contributed by atoms with van der Waals surface area (Å²) in [5.41, 5.74) is 2.06. The van der Waals surface area contributed by atoms with Crippen LogP contribution in [0.15, 0.2) is 0 Å². The van der Waals surface area contributed by atoms with E-state index in [1.165, 1.54) is 0 Å². The van der Waals surface area contributed by atoms with Crippen LogP contribution in [0.3, 0.4) is 0 Å².